The first-order valence-corrected chi connectivity index (χ1v) is 6.59. The zero-order chi connectivity index (χ0) is 13.1. The SMILES string of the molecule is Cc1nnc(N2CCCCC2CO)c(CN)c1C. The molecule has 2 heterocycles. The Kier molecular flexibility index (Phi) is 4.14. The average molecular weight is 250 g/mol. The van der Waals surface area contributed by atoms with Gasteiger partial charge in [0.2, 0.25) is 0 Å². The van der Waals surface area contributed by atoms with E-state index in [1.54, 1.807) is 0 Å². The molecule has 1 unspecified atom stereocenters. The van der Waals surface area contributed by atoms with E-state index in [4.69, 9.17) is 5.73 Å². The Morgan fingerprint density at radius 2 is 2.11 bits per heavy atom. The van der Waals surface area contributed by atoms with Crippen molar-refractivity contribution in [3.63, 3.8) is 0 Å². The van der Waals surface area contributed by atoms with E-state index in [2.05, 4.69) is 15.1 Å². The first kappa shape index (κ1) is 13.2. The molecule has 0 aliphatic carbocycles. The molecule has 1 aromatic rings. The highest BCUT2D eigenvalue weighted by Gasteiger charge is 2.25. The Labute approximate surface area is 108 Å². The number of piperidine rings is 1. The number of aliphatic hydroxyl groups is 1. The van der Waals surface area contributed by atoms with Gasteiger partial charge in [-0.2, -0.15) is 5.10 Å². The normalized spacial score (nSPS) is 20.2. The number of aryl methyl sites for hydroxylation is 1. The van der Waals surface area contributed by atoms with Gasteiger partial charge in [0.15, 0.2) is 5.82 Å². The summed E-state index contributed by atoms with van der Waals surface area (Å²) >= 11 is 0. The fourth-order valence-electron chi connectivity index (χ4n) is 2.59. The molecule has 1 aromatic heterocycles. The van der Waals surface area contributed by atoms with Crippen LogP contribution in [0.4, 0.5) is 5.82 Å². The van der Waals surface area contributed by atoms with E-state index < -0.39 is 0 Å². The minimum atomic E-state index is 0.153. The highest BCUT2D eigenvalue weighted by Crippen LogP contribution is 2.27. The second-order valence-corrected chi connectivity index (χ2v) is 4.94. The lowest BCUT2D eigenvalue weighted by Gasteiger charge is -2.36. The van der Waals surface area contributed by atoms with Crippen LogP contribution in [0.15, 0.2) is 0 Å². The maximum Gasteiger partial charge on any atom is 0.156 e. The van der Waals surface area contributed by atoms with E-state index in [-0.39, 0.29) is 12.6 Å². The van der Waals surface area contributed by atoms with Crippen LogP contribution >= 0.6 is 0 Å². The van der Waals surface area contributed by atoms with Crippen LogP contribution in [0, 0.1) is 13.8 Å². The zero-order valence-electron chi connectivity index (χ0n) is 11.2. The summed E-state index contributed by atoms with van der Waals surface area (Å²) in [6.45, 7) is 5.54. The van der Waals surface area contributed by atoms with Crippen molar-refractivity contribution in [2.75, 3.05) is 18.1 Å². The van der Waals surface area contributed by atoms with Gasteiger partial charge in [-0.3, -0.25) is 0 Å². The van der Waals surface area contributed by atoms with Crippen molar-refractivity contribution in [3.8, 4) is 0 Å². The lowest BCUT2D eigenvalue weighted by atomic mass is 10.0. The maximum absolute atomic E-state index is 9.49. The van der Waals surface area contributed by atoms with Crippen molar-refractivity contribution in [2.45, 2.75) is 45.7 Å². The summed E-state index contributed by atoms with van der Waals surface area (Å²) < 4.78 is 0. The van der Waals surface area contributed by atoms with Crippen LogP contribution in [-0.2, 0) is 6.54 Å². The van der Waals surface area contributed by atoms with Gasteiger partial charge in [-0.05, 0) is 38.7 Å². The number of nitrogens with two attached hydrogens (primary N) is 1. The van der Waals surface area contributed by atoms with E-state index >= 15 is 0 Å². The second-order valence-electron chi connectivity index (χ2n) is 4.94. The number of nitrogens with zero attached hydrogens (tertiary/aromatic N) is 3. The number of hydrogen-bond acceptors (Lipinski definition) is 5. The molecule has 100 valence electrons. The Bertz CT molecular complexity index is 422. The molecule has 1 fully saturated rings. The fraction of sp³-hybridized carbons (Fsp3) is 0.692. The summed E-state index contributed by atoms with van der Waals surface area (Å²) in [6, 6.07) is 0.153. The second kappa shape index (κ2) is 5.63. The topological polar surface area (TPSA) is 75.3 Å². The Hall–Kier alpha value is -1.20. The van der Waals surface area contributed by atoms with Crippen molar-refractivity contribution in [1.82, 2.24) is 10.2 Å². The molecule has 0 bridgehead atoms. The van der Waals surface area contributed by atoms with E-state index in [0.717, 1.165) is 48.4 Å². The number of aliphatic hydroxyl groups excluding tert-OH is 1. The Morgan fingerprint density at radius 3 is 2.78 bits per heavy atom. The molecule has 1 aliphatic heterocycles. The predicted molar refractivity (Wildman–Crippen MR) is 71.5 cm³/mol. The quantitative estimate of drug-likeness (QED) is 0.833. The van der Waals surface area contributed by atoms with Crippen molar-refractivity contribution >= 4 is 5.82 Å². The molecule has 1 aliphatic rings. The third-order valence-corrected chi connectivity index (χ3v) is 3.87. The molecule has 1 atom stereocenters. The molecule has 2 rings (SSSR count). The van der Waals surface area contributed by atoms with Gasteiger partial charge >= 0.3 is 0 Å². The lowest BCUT2D eigenvalue weighted by Crippen LogP contribution is -2.43. The predicted octanol–water partition coefficient (Wildman–Crippen LogP) is 0.903. The molecular weight excluding hydrogens is 228 g/mol. The molecule has 1 saturated heterocycles. The third kappa shape index (κ3) is 2.33. The average Bonchev–Trinajstić information content (AvgIpc) is 2.41. The Morgan fingerprint density at radius 1 is 1.33 bits per heavy atom. The van der Waals surface area contributed by atoms with Gasteiger partial charge in [0.05, 0.1) is 18.3 Å². The number of rotatable bonds is 3. The van der Waals surface area contributed by atoms with Crippen LogP contribution in [-0.4, -0.2) is 34.5 Å². The summed E-state index contributed by atoms with van der Waals surface area (Å²) in [4.78, 5) is 2.17. The fourth-order valence-corrected chi connectivity index (χ4v) is 2.59. The third-order valence-electron chi connectivity index (χ3n) is 3.87. The standard InChI is InChI=1S/C13H22N4O/c1-9-10(2)15-16-13(12(9)7-14)17-6-4-3-5-11(17)8-18/h11,18H,3-8,14H2,1-2H3. The molecule has 0 spiro atoms. The zero-order valence-corrected chi connectivity index (χ0v) is 11.2. The summed E-state index contributed by atoms with van der Waals surface area (Å²) in [7, 11) is 0. The summed E-state index contributed by atoms with van der Waals surface area (Å²) in [5.74, 6) is 0.861. The summed E-state index contributed by atoms with van der Waals surface area (Å²) in [5.41, 5.74) is 8.96. The molecule has 5 nitrogen and oxygen atoms in total. The van der Waals surface area contributed by atoms with Crippen LogP contribution in [0.2, 0.25) is 0 Å². The van der Waals surface area contributed by atoms with Gasteiger partial charge in [-0.25, -0.2) is 0 Å². The smallest absolute Gasteiger partial charge is 0.156 e. The van der Waals surface area contributed by atoms with Crippen LogP contribution in [0.3, 0.4) is 0 Å². The van der Waals surface area contributed by atoms with Crippen molar-refractivity contribution in [1.29, 1.82) is 0 Å². The van der Waals surface area contributed by atoms with E-state index in [1.165, 1.54) is 0 Å². The molecule has 0 amide bonds. The van der Waals surface area contributed by atoms with Crippen molar-refractivity contribution in [3.05, 3.63) is 16.8 Å². The van der Waals surface area contributed by atoms with Crippen molar-refractivity contribution < 1.29 is 5.11 Å². The van der Waals surface area contributed by atoms with E-state index in [0.29, 0.717) is 6.54 Å². The van der Waals surface area contributed by atoms with Gasteiger partial charge in [-0.1, -0.05) is 0 Å². The Balaban J connectivity index is 2.39. The molecule has 5 heteroatoms. The summed E-state index contributed by atoms with van der Waals surface area (Å²) in [5, 5.41) is 18.0. The molecule has 0 radical (unpaired) electrons. The van der Waals surface area contributed by atoms with Gasteiger partial charge in [-0.15, -0.1) is 5.10 Å². The van der Waals surface area contributed by atoms with Crippen LogP contribution in [0.1, 0.15) is 36.1 Å². The highest BCUT2D eigenvalue weighted by atomic mass is 16.3. The van der Waals surface area contributed by atoms with Gasteiger partial charge in [0.25, 0.3) is 0 Å². The minimum Gasteiger partial charge on any atom is -0.394 e. The van der Waals surface area contributed by atoms with Gasteiger partial charge in [0, 0.05) is 18.7 Å². The van der Waals surface area contributed by atoms with Gasteiger partial charge in [0.1, 0.15) is 0 Å². The minimum absolute atomic E-state index is 0.153. The number of hydrogen-bond donors (Lipinski definition) is 2. The maximum atomic E-state index is 9.49. The largest absolute Gasteiger partial charge is 0.394 e. The van der Waals surface area contributed by atoms with Crippen LogP contribution in [0.5, 0.6) is 0 Å². The molecule has 0 aromatic carbocycles. The molecule has 18 heavy (non-hydrogen) atoms. The molecular formula is C13H22N4O. The van der Waals surface area contributed by atoms with E-state index in [1.807, 2.05) is 13.8 Å². The summed E-state index contributed by atoms with van der Waals surface area (Å²) in [6.07, 6.45) is 3.31. The van der Waals surface area contributed by atoms with Crippen LogP contribution in [0.25, 0.3) is 0 Å². The molecule has 3 N–H and O–H groups in total. The lowest BCUT2D eigenvalue weighted by molar-refractivity contribution is 0.239. The first-order valence-electron chi connectivity index (χ1n) is 6.59. The molecule has 0 saturated carbocycles. The number of aromatic nitrogens is 2. The van der Waals surface area contributed by atoms with Crippen molar-refractivity contribution in [2.24, 2.45) is 5.73 Å². The monoisotopic (exact) mass is 250 g/mol. The highest BCUT2D eigenvalue weighted by molar-refractivity contribution is 5.51. The number of anilines is 1. The first-order chi connectivity index (χ1) is 8.69. The van der Waals surface area contributed by atoms with Gasteiger partial charge < -0.3 is 15.7 Å². The van der Waals surface area contributed by atoms with Crippen LogP contribution < -0.4 is 10.6 Å². The van der Waals surface area contributed by atoms with E-state index in [9.17, 15) is 5.11 Å².